The first-order valence-electron chi connectivity index (χ1n) is 8.39. The van der Waals surface area contributed by atoms with Gasteiger partial charge in [0.05, 0.1) is 5.25 Å². The van der Waals surface area contributed by atoms with E-state index in [0.717, 1.165) is 5.75 Å². The third-order valence-electron chi connectivity index (χ3n) is 3.72. The minimum Gasteiger partial charge on any atom is -0.486 e. The third kappa shape index (κ3) is 5.26. The fraction of sp³-hybridized carbons (Fsp3) is 0.389. The summed E-state index contributed by atoms with van der Waals surface area (Å²) in [5, 5.41) is 10.9. The number of carbonyl (C=O) groups excluding carboxylic acids is 1. The molecule has 0 saturated heterocycles. The van der Waals surface area contributed by atoms with Gasteiger partial charge in [0.25, 0.3) is 0 Å². The van der Waals surface area contributed by atoms with Crippen LogP contribution in [0.15, 0.2) is 42.1 Å². The van der Waals surface area contributed by atoms with Crippen LogP contribution in [0, 0.1) is 0 Å². The summed E-state index contributed by atoms with van der Waals surface area (Å²) < 4.78 is 7.08. The number of ether oxygens (including phenoxy) is 1. The second-order valence-electron chi connectivity index (χ2n) is 6.08. The first-order chi connectivity index (χ1) is 12.4. The summed E-state index contributed by atoms with van der Waals surface area (Å²) in [4.78, 5) is 11.9. The van der Waals surface area contributed by atoms with E-state index in [1.54, 1.807) is 13.0 Å². The molecular formula is C18H25N5O2S. The molecule has 1 aromatic heterocycles. The maximum Gasteiger partial charge on any atom is 0.233 e. The molecular weight excluding hydrogens is 350 g/mol. The Morgan fingerprint density at radius 3 is 2.65 bits per heavy atom. The smallest absolute Gasteiger partial charge is 0.233 e. The number of carbonyl (C=O) groups is 1. The van der Waals surface area contributed by atoms with Gasteiger partial charge in [0, 0.05) is 6.54 Å². The van der Waals surface area contributed by atoms with Crippen molar-refractivity contribution >= 4 is 17.7 Å². The number of benzene rings is 1. The number of nitrogens with two attached hydrogens (primary N) is 1. The van der Waals surface area contributed by atoms with E-state index in [1.807, 2.05) is 24.3 Å². The van der Waals surface area contributed by atoms with E-state index in [4.69, 9.17) is 10.6 Å². The summed E-state index contributed by atoms with van der Waals surface area (Å²) in [6, 6.07) is 7.93. The summed E-state index contributed by atoms with van der Waals surface area (Å²) in [5.41, 5.74) is 1.25. The Bertz CT molecular complexity index is 743. The quantitative estimate of drug-likeness (QED) is 0.397. The third-order valence-corrected chi connectivity index (χ3v) is 4.78. The molecule has 0 spiro atoms. The van der Waals surface area contributed by atoms with Gasteiger partial charge < -0.3 is 15.9 Å². The number of nitrogens with one attached hydrogen (secondary N) is 1. The van der Waals surface area contributed by atoms with Gasteiger partial charge in [-0.15, -0.1) is 16.8 Å². The van der Waals surface area contributed by atoms with Crippen LogP contribution in [0.25, 0.3) is 0 Å². The topological polar surface area (TPSA) is 95.1 Å². The molecule has 7 nitrogen and oxygen atoms in total. The Hall–Kier alpha value is -2.48. The van der Waals surface area contributed by atoms with Gasteiger partial charge >= 0.3 is 0 Å². The lowest BCUT2D eigenvalue weighted by molar-refractivity contribution is -0.120. The van der Waals surface area contributed by atoms with Crippen molar-refractivity contribution in [1.82, 2.24) is 20.2 Å². The molecule has 3 N–H and O–H groups in total. The number of amides is 1. The number of thioether (sulfide) groups is 1. The minimum atomic E-state index is -0.348. The maximum absolute atomic E-state index is 11.9. The van der Waals surface area contributed by atoms with Gasteiger partial charge in [0.2, 0.25) is 11.1 Å². The highest BCUT2D eigenvalue weighted by Gasteiger charge is 2.19. The maximum atomic E-state index is 11.9. The van der Waals surface area contributed by atoms with Crippen molar-refractivity contribution in [1.29, 1.82) is 0 Å². The Kier molecular flexibility index (Phi) is 7.08. The first kappa shape index (κ1) is 19.8. The van der Waals surface area contributed by atoms with Gasteiger partial charge in [0.1, 0.15) is 12.4 Å². The predicted molar refractivity (Wildman–Crippen MR) is 104 cm³/mol. The van der Waals surface area contributed by atoms with Crippen molar-refractivity contribution in [2.75, 3.05) is 12.4 Å². The molecule has 140 valence electrons. The normalized spacial score (nSPS) is 12.0. The van der Waals surface area contributed by atoms with Gasteiger partial charge in [-0.05, 0) is 30.5 Å². The van der Waals surface area contributed by atoms with Crippen LogP contribution in [0.4, 0.5) is 0 Å². The fourth-order valence-corrected chi connectivity index (χ4v) is 2.92. The van der Waals surface area contributed by atoms with Gasteiger partial charge in [0.15, 0.2) is 5.82 Å². The zero-order valence-corrected chi connectivity index (χ0v) is 16.1. The average Bonchev–Trinajstić information content (AvgIpc) is 2.98. The van der Waals surface area contributed by atoms with Gasteiger partial charge in [-0.3, -0.25) is 4.79 Å². The summed E-state index contributed by atoms with van der Waals surface area (Å²) in [6.45, 7) is 10.3. The molecule has 0 saturated carbocycles. The van der Waals surface area contributed by atoms with Crippen LogP contribution in [0.1, 0.15) is 38.1 Å². The molecule has 0 bridgehead atoms. The molecule has 2 aromatic rings. The van der Waals surface area contributed by atoms with Crippen LogP contribution >= 0.6 is 11.8 Å². The molecule has 1 amide bonds. The lowest BCUT2D eigenvalue weighted by Crippen LogP contribution is -2.31. The highest BCUT2D eigenvalue weighted by atomic mass is 32.2. The van der Waals surface area contributed by atoms with Crippen molar-refractivity contribution in [3.8, 4) is 5.75 Å². The highest BCUT2D eigenvalue weighted by Crippen LogP contribution is 2.22. The Morgan fingerprint density at radius 1 is 1.35 bits per heavy atom. The van der Waals surface area contributed by atoms with Crippen LogP contribution in [-0.4, -0.2) is 32.6 Å². The number of rotatable bonds is 9. The number of hydrogen-bond donors (Lipinski definition) is 2. The molecule has 0 radical (unpaired) electrons. The van der Waals surface area contributed by atoms with E-state index in [2.05, 4.69) is 35.9 Å². The Morgan fingerprint density at radius 2 is 2.04 bits per heavy atom. The molecule has 0 aliphatic heterocycles. The van der Waals surface area contributed by atoms with E-state index in [9.17, 15) is 4.79 Å². The molecule has 26 heavy (non-hydrogen) atoms. The minimum absolute atomic E-state index is 0.110. The monoisotopic (exact) mass is 375 g/mol. The molecule has 1 heterocycles. The van der Waals surface area contributed by atoms with E-state index in [0.29, 0.717) is 23.4 Å². The van der Waals surface area contributed by atoms with Crippen molar-refractivity contribution in [2.24, 2.45) is 0 Å². The molecule has 0 fully saturated rings. The van der Waals surface area contributed by atoms with E-state index >= 15 is 0 Å². The van der Waals surface area contributed by atoms with E-state index in [-0.39, 0.29) is 17.8 Å². The van der Waals surface area contributed by atoms with Gasteiger partial charge in [-0.25, -0.2) is 4.68 Å². The molecule has 1 unspecified atom stereocenters. The van der Waals surface area contributed by atoms with Gasteiger partial charge in [-0.2, -0.15) is 0 Å². The zero-order valence-electron chi connectivity index (χ0n) is 15.3. The van der Waals surface area contributed by atoms with Crippen molar-refractivity contribution in [2.45, 2.75) is 43.7 Å². The second kappa shape index (κ2) is 9.28. The van der Waals surface area contributed by atoms with E-state index in [1.165, 1.54) is 22.0 Å². The summed E-state index contributed by atoms with van der Waals surface area (Å²) in [5.74, 6) is 7.61. The Balaban J connectivity index is 1.93. The molecule has 1 atom stereocenters. The molecule has 8 heteroatoms. The molecule has 2 rings (SSSR count). The Labute approximate surface area is 158 Å². The molecule has 1 aromatic carbocycles. The van der Waals surface area contributed by atoms with Crippen molar-refractivity contribution < 1.29 is 9.53 Å². The van der Waals surface area contributed by atoms with E-state index < -0.39 is 0 Å². The second-order valence-corrected chi connectivity index (χ2v) is 7.38. The van der Waals surface area contributed by atoms with Crippen LogP contribution < -0.4 is 15.9 Å². The average molecular weight is 375 g/mol. The number of nitrogen functional groups attached to an aromatic ring is 1. The summed E-state index contributed by atoms with van der Waals surface area (Å²) >= 11 is 1.24. The fourth-order valence-electron chi connectivity index (χ4n) is 2.11. The lowest BCUT2D eigenvalue weighted by atomic mass is 10.0. The van der Waals surface area contributed by atoms with Crippen LogP contribution in [0.2, 0.25) is 0 Å². The summed E-state index contributed by atoms with van der Waals surface area (Å²) in [6.07, 6.45) is 1.63. The standard InChI is InChI=1S/C18H25N5O2S/c1-5-10-20-17(24)13(4)26-18-22-21-16(23(18)19)11-25-15-8-6-14(7-9-15)12(2)3/h5-9,12-13H,1,10-11,19H2,2-4H3,(H,20,24). The predicted octanol–water partition coefficient (Wildman–Crippen LogP) is 2.48. The van der Waals surface area contributed by atoms with Crippen LogP contribution in [-0.2, 0) is 11.4 Å². The SMILES string of the molecule is C=CCNC(=O)C(C)Sc1nnc(COc2ccc(C(C)C)cc2)n1N. The zero-order chi connectivity index (χ0) is 19.1. The molecule has 0 aliphatic rings. The number of nitrogens with zero attached hydrogens (tertiary/aromatic N) is 3. The molecule has 0 aliphatic carbocycles. The highest BCUT2D eigenvalue weighted by molar-refractivity contribution is 8.00. The lowest BCUT2D eigenvalue weighted by Gasteiger charge is -2.11. The number of hydrogen-bond acceptors (Lipinski definition) is 6. The van der Waals surface area contributed by atoms with Gasteiger partial charge in [-0.1, -0.05) is 43.8 Å². The van der Waals surface area contributed by atoms with Crippen LogP contribution in [0.5, 0.6) is 5.75 Å². The van der Waals surface area contributed by atoms with Crippen LogP contribution in [0.3, 0.4) is 0 Å². The number of aromatic nitrogens is 3. The van der Waals surface area contributed by atoms with Crippen molar-refractivity contribution in [3.05, 3.63) is 48.3 Å². The summed E-state index contributed by atoms with van der Waals surface area (Å²) in [7, 11) is 0. The first-order valence-corrected chi connectivity index (χ1v) is 9.27. The largest absolute Gasteiger partial charge is 0.486 e. The van der Waals surface area contributed by atoms with Crippen molar-refractivity contribution in [3.63, 3.8) is 0 Å².